The maximum absolute atomic E-state index is 6.09. The molecule has 0 saturated heterocycles. The van der Waals surface area contributed by atoms with E-state index >= 15 is 0 Å². The van der Waals surface area contributed by atoms with Gasteiger partial charge in [-0.2, -0.15) is 0 Å². The predicted molar refractivity (Wildman–Crippen MR) is 132 cm³/mol. The molecule has 1 aliphatic rings. The molecule has 3 aromatic carbocycles. The molecule has 0 unspecified atom stereocenters. The monoisotopic (exact) mass is 498 g/mol. The van der Waals surface area contributed by atoms with Crippen molar-refractivity contribution in [1.29, 1.82) is 0 Å². The van der Waals surface area contributed by atoms with E-state index in [0.717, 1.165) is 0 Å². The van der Waals surface area contributed by atoms with Gasteiger partial charge in [0.15, 0.2) is 0 Å². The van der Waals surface area contributed by atoms with Gasteiger partial charge in [0.1, 0.15) is 51.7 Å². The van der Waals surface area contributed by atoms with Crippen LogP contribution in [-0.2, 0) is 0 Å². The summed E-state index contributed by atoms with van der Waals surface area (Å²) < 4.78 is 52.1. The fraction of sp³-hybridized carbons (Fsp3) is 0.333. The Labute approximate surface area is 210 Å². The molecule has 3 aromatic rings. The van der Waals surface area contributed by atoms with Crippen LogP contribution in [0.5, 0.6) is 51.7 Å². The third-order valence-electron chi connectivity index (χ3n) is 6.11. The molecule has 0 amide bonds. The van der Waals surface area contributed by atoms with E-state index in [2.05, 4.69) is 0 Å². The summed E-state index contributed by atoms with van der Waals surface area (Å²) in [6.45, 7) is -0.0593. The van der Waals surface area contributed by atoms with E-state index in [-0.39, 0.29) is 6.79 Å². The number of ether oxygens (including phenoxy) is 9. The largest absolute Gasteiger partial charge is 0.496 e. The highest BCUT2D eigenvalue weighted by molar-refractivity contribution is 5.69. The normalized spacial score (nSPS) is 12.5. The fourth-order valence-electron chi connectivity index (χ4n) is 4.44. The maximum atomic E-state index is 6.09. The molecule has 1 heterocycles. The van der Waals surface area contributed by atoms with E-state index in [4.69, 9.17) is 42.6 Å². The average Bonchev–Trinajstić information content (AvgIpc) is 2.92. The van der Waals surface area contributed by atoms with Crippen molar-refractivity contribution in [2.45, 2.75) is 5.92 Å². The standard InChI is InChI=1S/C27H30O9/c1-28-15-8-18(31-4)24(19(9-15)32-5)27-25-20(33-6)10-16(29-2)12-22(25)35-14-36-23-13-17(30-3)11-21(34-7)26(23)27/h8-13,27H,14H2,1-7H3. The zero-order valence-electron chi connectivity index (χ0n) is 21.4. The van der Waals surface area contributed by atoms with Crippen molar-refractivity contribution in [3.8, 4) is 51.7 Å². The predicted octanol–water partition coefficient (Wildman–Crippen LogP) is 4.66. The molecule has 4 rings (SSSR count). The summed E-state index contributed by atoms with van der Waals surface area (Å²) in [5.41, 5.74) is 2.13. The minimum absolute atomic E-state index is 0.0593. The smallest absolute Gasteiger partial charge is 0.230 e. The van der Waals surface area contributed by atoms with E-state index in [9.17, 15) is 0 Å². The third-order valence-corrected chi connectivity index (χ3v) is 6.11. The van der Waals surface area contributed by atoms with Crippen LogP contribution in [0.2, 0.25) is 0 Å². The van der Waals surface area contributed by atoms with Crippen LogP contribution in [-0.4, -0.2) is 56.6 Å². The summed E-state index contributed by atoms with van der Waals surface area (Å²) in [5, 5.41) is 0. The van der Waals surface area contributed by atoms with Gasteiger partial charge in [-0.1, -0.05) is 0 Å². The zero-order chi connectivity index (χ0) is 25.8. The minimum Gasteiger partial charge on any atom is -0.496 e. The van der Waals surface area contributed by atoms with Gasteiger partial charge in [-0.25, -0.2) is 0 Å². The van der Waals surface area contributed by atoms with Crippen LogP contribution in [0, 0.1) is 0 Å². The first-order valence-electron chi connectivity index (χ1n) is 11.1. The molecule has 9 heteroatoms. The summed E-state index contributed by atoms with van der Waals surface area (Å²) in [5.74, 6) is 4.32. The Morgan fingerprint density at radius 1 is 0.472 bits per heavy atom. The SMILES string of the molecule is COc1cc(OC)c(C2c3c(OC)cc(OC)cc3OCOc3cc(OC)cc(OC)c32)c(OC)c1. The molecule has 1 aliphatic heterocycles. The van der Waals surface area contributed by atoms with Crippen molar-refractivity contribution < 1.29 is 42.6 Å². The van der Waals surface area contributed by atoms with Gasteiger partial charge in [-0.15, -0.1) is 0 Å². The average molecular weight is 499 g/mol. The Kier molecular flexibility index (Phi) is 7.38. The van der Waals surface area contributed by atoms with E-state index in [1.807, 2.05) is 0 Å². The summed E-state index contributed by atoms with van der Waals surface area (Å²) in [7, 11) is 11.1. The van der Waals surface area contributed by atoms with Gasteiger partial charge in [-0.05, 0) is 0 Å². The van der Waals surface area contributed by atoms with Gasteiger partial charge in [0.2, 0.25) is 6.79 Å². The molecule has 0 fully saturated rings. The lowest BCUT2D eigenvalue weighted by atomic mass is 9.81. The highest BCUT2D eigenvalue weighted by Crippen LogP contribution is 2.56. The fourth-order valence-corrected chi connectivity index (χ4v) is 4.44. The van der Waals surface area contributed by atoms with E-state index in [0.29, 0.717) is 68.4 Å². The number of methoxy groups -OCH3 is 7. The highest BCUT2D eigenvalue weighted by Gasteiger charge is 2.37. The van der Waals surface area contributed by atoms with Crippen LogP contribution in [0.15, 0.2) is 36.4 Å². The molecule has 0 atom stereocenters. The number of fused-ring (bicyclic) bond motifs is 2. The van der Waals surface area contributed by atoms with Crippen LogP contribution in [0.25, 0.3) is 0 Å². The lowest BCUT2D eigenvalue weighted by Gasteiger charge is -2.31. The van der Waals surface area contributed by atoms with Gasteiger partial charge in [0, 0.05) is 53.1 Å². The Morgan fingerprint density at radius 2 is 0.806 bits per heavy atom. The van der Waals surface area contributed by atoms with E-state index in [1.165, 1.54) is 0 Å². The van der Waals surface area contributed by atoms with E-state index in [1.54, 1.807) is 86.2 Å². The Bertz CT molecular complexity index is 1110. The first-order chi connectivity index (χ1) is 17.5. The summed E-state index contributed by atoms with van der Waals surface area (Å²) in [6, 6.07) is 10.8. The molecule has 0 spiro atoms. The molecule has 0 aliphatic carbocycles. The van der Waals surface area contributed by atoms with Crippen molar-refractivity contribution in [2.75, 3.05) is 56.6 Å². The molecule has 192 valence electrons. The van der Waals surface area contributed by atoms with Crippen LogP contribution in [0.1, 0.15) is 22.6 Å². The summed E-state index contributed by atoms with van der Waals surface area (Å²) in [4.78, 5) is 0. The molecule has 36 heavy (non-hydrogen) atoms. The summed E-state index contributed by atoms with van der Waals surface area (Å²) in [6.07, 6.45) is 0. The molecule has 0 N–H and O–H groups in total. The quantitative estimate of drug-likeness (QED) is 0.440. The van der Waals surface area contributed by atoms with Crippen molar-refractivity contribution in [2.24, 2.45) is 0 Å². The molecular formula is C27H30O9. The van der Waals surface area contributed by atoms with Crippen molar-refractivity contribution >= 4 is 0 Å². The van der Waals surface area contributed by atoms with Crippen LogP contribution in [0.3, 0.4) is 0 Å². The summed E-state index contributed by atoms with van der Waals surface area (Å²) >= 11 is 0. The van der Waals surface area contributed by atoms with Crippen LogP contribution >= 0.6 is 0 Å². The molecule has 0 bridgehead atoms. The molecule has 0 saturated carbocycles. The number of rotatable bonds is 8. The number of hydrogen-bond acceptors (Lipinski definition) is 9. The van der Waals surface area contributed by atoms with Gasteiger partial charge in [-0.3, -0.25) is 0 Å². The van der Waals surface area contributed by atoms with Crippen molar-refractivity contribution in [3.63, 3.8) is 0 Å². The van der Waals surface area contributed by atoms with Crippen LogP contribution in [0.4, 0.5) is 0 Å². The second kappa shape index (κ2) is 10.6. The van der Waals surface area contributed by atoms with Crippen molar-refractivity contribution in [1.82, 2.24) is 0 Å². The second-order valence-electron chi connectivity index (χ2n) is 7.77. The van der Waals surface area contributed by atoms with Crippen LogP contribution < -0.4 is 42.6 Å². The number of hydrogen-bond donors (Lipinski definition) is 0. The van der Waals surface area contributed by atoms with Gasteiger partial charge >= 0.3 is 0 Å². The maximum Gasteiger partial charge on any atom is 0.230 e. The first kappa shape index (κ1) is 25.0. The van der Waals surface area contributed by atoms with Gasteiger partial charge in [0.05, 0.1) is 55.7 Å². The first-order valence-corrected chi connectivity index (χ1v) is 11.1. The minimum atomic E-state index is -0.576. The second-order valence-corrected chi connectivity index (χ2v) is 7.77. The number of benzene rings is 3. The lowest BCUT2D eigenvalue weighted by Crippen LogP contribution is -2.19. The Hall–Kier alpha value is -4.14. The van der Waals surface area contributed by atoms with Crippen molar-refractivity contribution in [3.05, 3.63) is 53.1 Å². The Balaban J connectivity index is 2.18. The highest BCUT2D eigenvalue weighted by atomic mass is 16.7. The molecular weight excluding hydrogens is 468 g/mol. The van der Waals surface area contributed by atoms with E-state index < -0.39 is 5.92 Å². The zero-order valence-corrected chi connectivity index (χ0v) is 21.4. The molecule has 9 nitrogen and oxygen atoms in total. The topological polar surface area (TPSA) is 83.1 Å². The molecule has 0 radical (unpaired) electrons. The Morgan fingerprint density at radius 3 is 1.14 bits per heavy atom. The lowest BCUT2D eigenvalue weighted by molar-refractivity contribution is 0.113. The van der Waals surface area contributed by atoms with Gasteiger partial charge in [0.25, 0.3) is 0 Å². The van der Waals surface area contributed by atoms with Gasteiger partial charge < -0.3 is 42.6 Å². The molecule has 0 aromatic heterocycles. The third kappa shape index (κ3) is 4.32.